The largest absolute Gasteiger partial charge is 0.478 e. The van der Waals surface area contributed by atoms with E-state index in [1.807, 2.05) is 0 Å². The Morgan fingerprint density at radius 2 is 1.33 bits per heavy atom. The fourth-order valence-corrected chi connectivity index (χ4v) is 1.13. The maximum atomic E-state index is 11.1. The summed E-state index contributed by atoms with van der Waals surface area (Å²) in [4.78, 5) is 32.6. The van der Waals surface area contributed by atoms with Crippen LogP contribution in [0.4, 0.5) is 0 Å². The Labute approximate surface area is 87.4 Å². The van der Waals surface area contributed by atoms with Gasteiger partial charge in [0.2, 0.25) is 0 Å². The number of Topliss-reactive ketones (excluding diaryl/α,β-unsaturated/α-hetero) is 1. The molecule has 15 heavy (non-hydrogen) atoms. The quantitative estimate of drug-likeness (QED) is 0.649. The molecule has 5 heteroatoms. The predicted octanol–water partition coefficient (Wildman–Crippen LogP) is 1.23. The molecule has 0 amide bonds. The number of carboxylic acids is 2. The molecule has 0 aliphatic rings. The van der Waals surface area contributed by atoms with E-state index >= 15 is 0 Å². The van der Waals surface area contributed by atoms with Gasteiger partial charge in [0.15, 0.2) is 0 Å². The van der Waals surface area contributed by atoms with Crippen molar-refractivity contribution in [3.8, 4) is 0 Å². The zero-order chi connectivity index (χ0) is 12.0. The maximum Gasteiger partial charge on any atom is 0.332 e. The molecule has 0 aliphatic heterocycles. The summed E-state index contributed by atoms with van der Waals surface area (Å²) < 4.78 is 0. The summed E-state index contributed by atoms with van der Waals surface area (Å²) in [6.45, 7) is 3.15. The number of hydrogen-bond donors (Lipinski definition) is 2. The Bertz CT molecular complexity index is 314. The first kappa shape index (κ1) is 13.4. The Balaban J connectivity index is 5.16. The summed E-state index contributed by atoms with van der Waals surface area (Å²) >= 11 is 0. The first-order valence-electron chi connectivity index (χ1n) is 4.64. The van der Waals surface area contributed by atoms with Crippen molar-refractivity contribution >= 4 is 17.7 Å². The minimum absolute atomic E-state index is 0.0912. The third kappa shape index (κ3) is 3.93. The van der Waals surface area contributed by atoms with Crippen LogP contribution in [0.2, 0.25) is 0 Å². The summed E-state index contributed by atoms with van der Waals surface area (Å²) in [5.41, 5.74) is -0.513. The zero-order valence-corrected chi connectivity index (χ0v) is 8.74. The highest BCUT2D eigenvalue weighted by Crippen LogP contribution is 2.14. The molecule has 2 N–H and O–H groups in total. The van der Waals surface area contributed by atoms with Crippen LogP contribution in [-0.4, -0.2) is 27.9 Å². The van der Waals surface area contributed by atoms with Crippen molar-refractivity contribution in [1.29, 1.82) is 0 Å². The number of rotatable bonds is 6. The van der Waals surface area contributed by atoms with Crippen LogP contribution in [0, 0.1) is 0 Å². The van der Waals surface area contributed by atoms with Gasteiger partial charge in [-0.05, 0) is 6.42 Å². The van der Waals surface area contributed by atoms with Gasteiger partial charge < -0.3 is 10.2 Å². The SMILES string of the molecule is CCC(=O)CC(C(=O)O)=C(CC)C(=O)O. The molecule has 0 aromatic rings. The molecule has 5 nitrogen and oxygen atoms in total. The highest BCUT2D eigenvalue weighted by Gasteiger charge is 2.20. The van der Waals surface area contributed by atoms with Crippen LogP contribution < -0.4 is 0 Å². The lowest BCUT2D eigenvalue weighted by Gasteiger charge is -2.05. The van der Waals surface area contributed by atoms with Crippen molar-refractivity contribution in [2.75, 3.05) is 0 Å². The Kier molecular flexibility index (Phi) is 5.30. The van der Waals surface area contributed by atoms with E-state index in [0.717, 1.165) is 0 Å². The number of carboxylic acid groups (broad SMARTS) is 2. The number of carbonyl (C=O) groups is 3. The molecule has 0 unspecified atom stereocenters. The van der Waals surface area contributed by atoms with E-state index in [4.69, 9.17) is 10.2 Å². The number of ketones is 1. The molecule has 0 fully saturated rings. The van der Waals surface area contributed by atoms with Crippen LogP contribution in [-0.2, 0) is 14.4 Å². The van der Waals surface area contributed by atoms with Gasteiger partial charge in [0, 0.05) is 18.4 Å². The van der Waals surface area contributed by atoms with E-state index in [2.05, 4.69) is 0 Å². The van der Waals surface area contributed by atoms with Crippen LogP contribution in [0.1, 0.15) is 33.1 Å². The minimum Gasteiger partial charge on any atom is -0.478 e. The molecule has 0 aliphatic carbocycles. The zero-order valence-electron chi connectivity index (χ0n) is 8.74. The van der Waals surface area contributed by atoms with Gasteiger partial charge in [-0.2, -0.15) is 0 Å². The lowest BCUT2D eigenvalue weighted by Crippen LogP contribution is -2.14. The number of hydrogen-bond acceptors (Lipinski definition) is 3. The molecule has 0 atom stereocenters. The Morgan fingerprint density at radius 3 is 1.60 bits per heavy atom. The van der Waals surface area contributed by atoms with Crippen molar-refractivity contribution in [2.24, 2.45) is 0 Å². The second-order valence-electron chi connectivity index (χ2n) is 2.99. The van der Waals surface area contributed by atoms with E-state index in [1.165, 1.54) is 0 Å². The average Bonchev–Trinajstić information content (AvgIpc) is 2.16. The van der Waals surface area contributed by atoms with Gasteiger partial charge in [-0.1, -0.05) is 13.8 Å². The van der Waals surface area contributed by atoms with Gasteiger partial charge in [0.05, 0.1) is 5.57 Å². The molecular formula is C10H14O5. The van der Waals surface area contributed by atoms with E-state index in [1.54, 1.807) is 13.8 Å². The lowest BCUT2D eigenvalue weighted by atomic mass is 10.00. The molecule has 0 rings (SSSR count). The smallest absolute Gasteiger partial charge is 0.332 e. The minimum atomic E-state index is -1.34. The molecular weight excluding hydrogens is 200 g/mol. The van der Waals surface area contributed by atoms with Crippen molar-refractivity contribution in [3.63, 3.8) is 0 Å². The number of carbonyl (C=O) groups excluding carboxylic acids is 1. The summed E-state index contributed by atoms with van der Waals surface area (Å²) in [6, 6.07) is 0. The van der Waals surface area contributed by atoms with Crippen LogP contribution in [0.25, 0.3) is 0 Å². The fourth-order valence-electron chi connectivity index (χ4n) is 1.13. The molecule has 0 saturated carbocycles. The Morgan fingerprint density at radius 1 is 0.867 bits per heavy atom. The highest BCUT2D eigenvalue weighted by molar-refractivity contribution is 6.02. The summed E-state index contributed by atoms with van der Waals surface area (Å²) in [5, 5.41) is 17.5. The average molecular weight is 214 g/mol. The van der Waals surface area contributed by atoms with Crippen LogP contribution in [0.3, 0.4) is 0 Å². The van der Waals surface area contributed by atoms with Gasteiger partial charge in [0.1, 0.15) is 5.78 Å². The van der Waals surface area contributed by atoms with Crippen LogP contribution >= 0.6 is 0 Å². The summed E-state index contributed by atoms with van der Waals surface area (Å²) in [6.07, 6.45) is -0.0251. The van der Waals surface area contributed by atoms with Crippen molar-refractivity contribution in [3.05, 3.63) is 11.1 Å². The third-order valence-corrected chi connectivity index (χ3v) is 2.00. The summed E-state index contributed by atoms with van der Waals surface area (Å²) in [7, 11) is 0. The van der Waals surface area contributed by atoms with E-state index in [9.17, 15) is 14.4 Å². The van der Waals surface area contributed by atoms with Crippen LogP contribution in [0.5, 0.6) is 0 Å². The fraction of sp³-hybridized carbons (Fsp3) is 0.500. The van der Waals surface area contributed by atoms with Crippen molar-refractivity contribution in [1.82, 2.24) is 0 Å². The molecule has 0 aromatic heterocycles. The van der Waals surface area contributed by atoms with Crippen LogP contribution in [0.15, 0.2) is 11.1 Å². The van der Waals surface area contributed by atoms with E-state index in [0.29, 0.717) is 0 Å². The normalized spacial score (nSPS) is 11.9. The standard InChI is InChI=1S/C10H14O5/c1-3-6(11)5-8(10(14)15)7(4-2)9(12)13/h3-5H2,1-2H3,(H,12,13)(H,14,15). The third-order valence-electron chi connectivity index (χ3n) is 2.00. The molecule has 0 bridgehead atoms. The van der Waals surface area contributed by atoms with E-state index in [-0.39, 0.29) is 36.2 Å². The van der Waals surface area contributed by atoms with Gasteiger partial charge in [-0.25, -0.2) is 9.59 Å². The molecule has 0 spiro atoms. The predicted molar refractivity (Wildman–Crippen MR) is 52.5 cm³/mol. The highest BCUT2D eigenvalue weighted by atomic mass is 16.4. The van der Waals surface area contributed by atoms with E-state index < -0.39 is 11.9 Å². The monoisotopic (exact) mass is 214 g/mol. The van der Waals surface area contributed by atoms with Gasteiger partial charge in [-0.3, -0.25) is 4.79 Å². The second-order valence-corrected chi connectivity index (χ2v) is 2.99. The van der Waals surface area contributed by atoms with Crippen molar-refractivity contribution in [2.45, 2.75) is 33.1 Å². The number of aliphatic carboxylic acids is 2. The molecule has 0 heterocycles. The van der Waals surface area contributed by atoms with Gasteiger partial charge >= 0.3 is 11.9 Å². The molecule has 0 saturated heterocycles. The summed E-state index contributed by atoms with van der Waals surface area (Å²) in [5.74, 6) is -2.89. The topological polar surface area (TPSA) is 91.7 Å². The molecule has 0 aromatic carbocycles. The molecule has 0 radical (unpaired) electrons. The van der Waals surface area contributed by atoms with Gasteiger partial charge in [0.25, 0.3) is 0 Å². The van der Waals surface area contributed by atoms with Crippen molar-refractivity contribution < 1.29 is 24.6 Å². The van der Waals surface area contributed by atoms with Gasteiger partial charge in [-0.15, -0.1) is 0 Å². The second kappa shape index (κ2) is 5.95. The first-order valence-corrected chi connectivity index (χ1v) is 4.64. The molecule has 84 valence electrons. The first-order chi connectivity index (χ1) is 6.93. The Hall–Kier alpha value is -1.65. The lowest BCUT2D eigenvalue weighted by molar-refractivity contribution is -0.136. The maximum absolute atomic E-state index is 11.1.